The van der Waals surface area contributed by atoms with Gasteiger partial charge in [0.25, 0.3) is 0 Å². The second-order valence-electron chi connectivity index (χ2n) is 5.03. The molecule has 102 valence electrons. The van der Waals surface area contributed by atoms with Crippen molar-refractivity contribution in [1.29, 1.82) is 0 Å². The predicted molar refractivity (Wildman–Crippen MR) is 77.4 cm³/mol. The lowest BCUT2D eigenvalue weighted by Gasteiger charge is -2.33. The van der Waals surface area contributed by atoms with Crippen molar-refractivity contribution in [1.82, 2.24) is 9.97 Å². The van der Waals surface area contributed by atoms with Crippen molar-refractivity contribution in [3.63, 3.8) is 0 Å². The van der Waals surface area contributed by atoms with Gasteiger partial charge in [0.05, 0.1) is 0 Å². The zero-order valence-corrected chi connectivity index (χ0v) is 11.8. The molecule has 1 heterocycles. The van der Waals surface area contributed by atoms with Crippen LogP contribution in [0, 0.1) is 5.92 Å². The Hall–Kier alpha value is -1.52. The Morgan fingerprint density at radius 3 is 2.22 bits per heavy atom. The molecule has 0 unspecified atom stereocenters. The highest BCUT2D eigenvalue weighted by atomic mass is 15.2. The van der Waals surface area contributed by atoms with Crippen LogP contribution in [-0.2, 0) is 0 Å². The Bertz CT molecular complexity index is 353. The molecule has 0 spiro atoms. The van der Waals surface area contributed by atoms with Gasteiger partial charge in [-0.05, 0) is 18.8 Å². The first-order chi connectivity index (χ1) is 8.47. The summed E-state index contributed by atoms with van der Waals surface area (Å²) in [4.78, 5) is 10.5. The van der Waals surface area contributed by atoms with E-state index < -0.39 is 0 Å². The van der Waals surface area contributed by atoms with Gasteiger partial charge in [-0.25, -0.2) is 0 Å². The third kappa shape index (κ3) is 3.75. The predicted octanol–water partition coefficient (Wildman–Crippen LogP) is 2.29. The minimum absolute atomic E-state index is 0.240. The van der Waals surface area contributed by atoms with Crippen molar-refractivity contribution in [2.24, 2.45) is 5.92 Å². The summed E-state index contributed by atoms with van der Waals surface area (Å²) in [5.41, 5.74) is 11.4. The van der Waals surface area contributed by atoms with Gasteiger partial charge in [-0.2, -0.15) is 9.97 Å². The molecule has 0 aliphatic carbocycles. The third-order valence-electron chi connectivity index (χ3n) is 2.99. The van der Waals surface area contributed by atoms with Crippen LogP contribution < -0.4 is 16.4 Å². The summed E-state index contributed by atoms with van der Waals surface area (Å²) in [5, 5.41) is 0. The standard InChI is InChI=1S/C13H25N5/c1-5-10(6-2)18(8-9(3)4)12-7-11(14)16-13(15)17-12/h7,9-10H,5-6,8H2,1-4H3,(H4,14,15,16,17). The van der Waals surface area contributed by atoms with Crippen LogP contribution in [0.5, 0.6) is 0 Å². The average Bonchev–Trinajstić information content (AvgIpc) is 2.27. The topological polar surface area (TPSA) is 81.1 Å². The summed E-state index contributed by atoms with van der Waals surface area (Å²) < 4.78 is 0. The van der Waals surface area contributed by atoms with Crippen LogP contribution in [0.2, 0.25) is 0 Å². The molecule has 0 fully saturated rings. The fourth-order valence-electron chi connectivity index (χ4n) is 2.17. The van der Waals surface area contributed by atoms with Gasteiger partial charge < -0.3 is 16.4 Å². The molecule has 1 aromatic heterocycles. The van der Waals surface area contributed by atoms with E-state index in [4.69, 9.17) is 11.5 Å². The molecule has 0 radical (unpaired) electrons. The van der Waals surface area contributed by atoms with E-state index in [-0.39, 0.29) is 5.95 Å². The smallest absolute Gasteiger partial charge is 0.223 e. The molecule has 0 saturated heterocycles. The second-order valence-corrected chi connectivity index (χ2v) is 5.03. The van der Waals surface area contributed by atoms with Gasteiger partial charge in [0.1, 0.15) is 11.6 Å². The summed E-state index contributed by atoms with van der Waals surface area (Å²) >= 11 is 0. The number of anilines is 3. The summed E-state index contributed by atoms with van der Waals surface area (Å²) in [7, 11) is 0. The van der Waals surface area contributed by atoms with Crippen LogP contribution >= 0.6 is 0 Å². The van der Waals surface area contributed by atoms with E-state index in [0.29, 0.717) is 17.8 Å². The maximum atomic E-state index is 5.75. The van der Waals surface area contributed by atoms with E-state index in [1.165, 1.54) is 0 Å². The number of nitrogen functional groups attached to an aromatic ring is 2. The molecular formula is C13H25N5. The van der Waals surface area contributed by atoms with Crippen molar-refractivity contribution in [3.8, 4) is 0 Å². The summed E-state index contributed by atoms with van der Waals surface area (Å²) in [5.74, 6) is 2.06. The first kappa shape index (κ1) is 14.5. The van der Waals surface area contributed by atoms with Gasteiger partial charge in [0, 0.05) is 18.7 Å². The molecule has 4 N–H and O–H groups in total. The van der Waals surface area contributed by atoms with Crippen LogP contribution in [0.3, 0.4) is 0 Å². The van der Waals surface area contributed by atoms with Gasteiger partial charge >= 0.3 is 0 Å². The molecule has 0 atom stereocenters. The van der Waals surface area contributed by atoms with Crippen molar-refractivity contribution in [3.05, 3.63) is 6.07 Å². The zero-order valence-electron chi connectivity index (χ0n) is 11.8. The molecule has 0 saturated carbocycles. The highest BCUT2D eigenvalue weighted by molar-refractivity contribution is 5.51. The highest BCUT2D eigenvalue weighted by Crippen LogP contribution is 2.22. The monoisotopic (exact) mass is 251 g/mol. The maximum Gasteiger partial charge on any atom is 0.223 e. The zero-order chi connectivity index (χ0) is 13.7. The van der Waals surface area contributed by atoms with E-state index in [9.17, 15) is 0 Å². The molecule has 5 nitrogen and oxygen atoms in total. The van der Waals surface area contributed by atoms with Crippen molar-refractivity contribution < 1.29 is 0 Å². The normalized spacial score (nSPS) is 11.2. The third-order valence-corrected chi connectivity index (χ3v) is 2.99. The van der Waals surface area contributed by atoms with E-state index in [1.54, 1.807) is 6.07 Å². The number of hydrogen-bond acceptors (Lipinski definition) is 5. The number of nitrogens with two attached hydrogens (primary N) is 2. The average molecular weight is 251 g/mol. The molecular weight excluding hydrogens is 226 g/mol. The fraction of sp³-hybridized carbons (Fsp3) is 0.692. The van der Waals surface area contributed by atoms with Gasteiger partial charge in [-0.15, -0.1) is 0 Å². The minimum Gasteiger partial charge on any atom is -0.383 e. The van der Waals surface area contributed by atoms with E-state index in [1.807, 2.05) is 0 Å². The molecule has 0 aromatic carbocycles. The molecule has 1 rings (SSSR count). The molecule has 0 aliphatic heterocycles. The Labute approximate surface area is 110 Å². The lowest BCUT2D eigenvalue weighted by molar-refractivity contribution is 0.503. The van der Waals surface area contributed by atoms with E-state index >= 15 is 0 Å². The summed E-state index contributed by atoms with van der Waals surface area (Å²) in [6.07, 6.45) is 2.15. The summed E-state index contributed by atoms with van der Waals surface area (Å²) in [6.45, 7) is 9.72. The SMILES string of the molecule is CCC(CC)N(CC(C)C)c1cc(N)nc(N)n1. The lowest BCUT2D eigenvalue weighted by atomic mass is 10.1. The Balaban J connectivity index is 3.07. The lowest BCUT2D eigenvalue weighted by Crippen LogP contribution is -2.38. The summed E-state index contributed by atoms with van der Waals surface area (Å²) in [6, 6.07) is 2.26. The van der Waals surface area contributed by atoms with Crippen LogP contribution in [0.15, 0.2) is 6.07 Å². The van der Waals surface area contributed by atoms with Crippen LogP contribution in [-0.4, -0.2) is 22.6 Å². The van der Waals surface area contributed by atoms with E-state index in [2.05, 4.69) is 42.6 Å². The molecule has 0 aliphatic rings. The van der Waals surface area contributed by atoms with Crippen LogP contribution in [0.1, 0.15) is 40.5 Å². The van der Waals surface area contributed by atoms with Gasteiger partial charge in [0.15, 0.2) is 0 Å². The Kier molecular flexibility index (Phi) is 5.19. The van der Waals surface area contributed by atoms with Crippen molar-refractivity contribution in [2.45, 2.75) is 46.6 Å². The molecule has 18 heavy (non-hydrogen) atoms. The maximum absolute atomic E-state index is 5.75. The molecule has 0 amide bonds. The van der Waals surface area contributed by atoms with Crippen molar-refractivity contribution in [2.75, 3.05) is 22.9 Å². The molecule has 5 heteroatoms. The number of nitrogens with zero attached hydrogens (tertiary/aromatic N) is 3. The number of hydrogen-bond donors (Lipinski definition) is 2. The second kappa shape index (κ2) is 6.42. The Morgan fingerprint density at radius 2 is 1.78 bits per heavy atom. The highest BCUT2D eigenvalue weighted by Gasteiger charge is 2.19. The minimum atomic E-state index is 0.240. The van der Waals surface area contributed by atoms with Gasteiger partial charge in [0.2, 0.25) is 5.95 Å². The van der Waals surface area contributed by atoms with E-state index in [0.717, 1.165) is 25.2 Å². The molecule has 0 bridgehead atoms. The first-order valence-corrected chi connectivity index (χ1v) is 6.64. The number of aromatic nitrogens is 2. The Morgan fingerprint density at radius 1 is 1.17 bits per heavy atom. The first-order valence-electron chi connectivity index (χ1n) is 6.64. The quantitative estimate of drug-likeness (QED) is 0.810. The number of rotatable bonds is 6. The largest absolute Gasteiger partial charge is 0.383 e. The van der Waals surface area contributed by atoms with Crippen LogP contribution in [0.25, 0.3) is 0 Å². The van der Waals surface area contributed by atoms with Gasteiger partial charge in [-0.3, -0.25) is 0 Å². The van der Waals surface area contributed by atoms with Crippen molar-refractivity contribution >= 4 is 17.6 Å². The van der Waals surface area contributed by atoms with Gasteiger partial charge in [-0.1, -0.05) is 27.7 Å². The molecule has 1 aromatic rings. The van der Waals surface area contributed by atoms with Crippen LogP contribution in [0.4, 0.5) is 17.6 Å². The fourth-order valence-corrected chi connectivity index (χ4v) is 2.17.